The van der Waals surface area contributed by atoms with Crippen LogP contribution in [0.3, 0.4) is 0 Å². The van der Waals surface area contributed by atoms with Crippen LogP contribution in [0.1, 0.15) is 12.5 Å². The first kappa shape index (κ1) is 18.4. The van der Waals surface area contributed by atoms with E-state index in [1.165, 1.54) is 37.0 Å². The van der Waals surface area contributed by atoms with E-state index in [1.807, 2.05) is 12.2 Å². The monoisotopic (exact) mass is 448 g/mol. The van der Waals surface area contributed by atoms with Gasteiger partial charge in [0.2, 0.25) is 0 Å². The molecule has 0 saturated heterocycles. The molecule has 3 aromatic rings. The minimum absolute atomic E-state index is 1.23. The van der Waals surface area contributed by atoms with Gasteiger partial charge in [-0.2, -0.15) is 0 Å². The summed E-state index contributed by atoms with van der Waals surface area (Å²) < 4.78 is 1.25. The molecule has 0 radical (unpaired) electrons. The van der Waals surface area contributed by atoms with Crippen molar-refractivity contribution in [2.45, 2.75) is 6.92 Å². The predicted octanol–water partition coefficient (Wildman–Crippen LogP) is 7.77. The van der Waals surface area contributed by atoms with Crippen LogP contribution in [-0.4, -0.2) is 0 Å². The van der Waals surface area contributed by atoms with Crippen molar-refractivity contribution >= 4 is 28.2 Å². The van der Waals surface area contributed by atoms with Gasteiger partial charge in [-0.15, -0.1) is 0 Å². The predicted molar refractivity (Wildman–Crippen MR) is 123 cm³/mol. The molecule has 0 bridgehead atoms. The normalized spacial score (nSPS) is 11.7. The summed E-state index contributed by atoms with van der Waals surface area (Å²) in [6.07, 6.45) is 7.90. The lowest BCUT2D eigenvalue weighted by Gasteiger charge is -2.11. The van der Waals surface area contributed by atoms with Crippen LogP contribution in [0.25, 0.3) is 27.8 Å². The molecule has 128 valence electrons. The van der Waals surface area contributed by atoms with Crippen LogP contribution in [0.2, 0.25) is 0 Å². The van der Waals surface area contributed by atoms with Crippen molar-refractivity contribution in [1.29, 1.82) is 0 Å². The molecule has 3 rings (SSSR count). The second kappa shape index (κ2) is 8.81. The summed E-state index contributed by atoms with van der Waals surface area (Å²) in [4.78, 5) is 0. The quantitative estimate of drug-likeness (QED) is 0.276. The summed E-state index contributed by atoms with van der Waals surface area (Å²) in [5, 5.41) is 0. The Morgan fingerprint density at radius 1 is 0.769 bits per heavy atom. The molecule has 0 N–H and O–H groups in total. The molecule has 0 saturated carbocycles. The summed E-state index contributed by atoms with van der Waals surface area (Å²) in [5.41, 5.74) is 7.39. The second-order valence-electron chi connectivity index (χ2n) is 6.14. The Kier molecular flexibility index (Phi) is 6.24. The molecule has 3 aromatic carbocycles. The minimum atomic E-state index is 1.23. The SMILES string of the molecule is C=C/C=C\C=C(/C)c1cc(-c2ccccc2)cc(-c2ccc(I)cc2)c1. The highest BCUT2D eigenvalue weighted by molar-refractivity contribution is 14.1. The van der Waals surface area contributed by atoms with E-state index >= 15 is 0 Å². The number of allylic oxidation sites excluding steroid dienone is 5. The molecule has 0 aromatic heterocycles. The van der Waals surface area contributed by atoms with Crippen LogP contribution in [0.5, 0.6) is 0 Å². The van der Waals surface area contributed by atoms with E-state index in [0.29, 0.717) is 0 Å². The topological polar surface area (TPSA) is 0 Å². The highest BCUT2D eigenvalue weighted by atomic mass is 127. The molecule has 0 fully saturated rings. The van der Waals surface area contributed by atoms with Gasteiger partial charge < -0.3 is 0 Å². The minimum Gasteiger partial charge on any atom is -0.0991 e. The molecule has 0 unspecified atom stereocenters. The molecule has 26 heavy (non-hydrogen) atoms. The summed E-state index contributed by atoms with van der Waals surface area (Å²) in [5.74, 6) is 0. The van der Waals surface area contributed by atoms with Crippen molar-refractivity contribution in [3.63, 3.8) is 0 Å². The maximum absolute atomic E-state index is 3.73. The number of hydrogen-bond donors (Lipinski definition) is 0. The molecule has 1 heteroatoms. The van der Waals surface area contributed by atoms with Gasteiger partial charge in [-0.25, -0.2) is 0 Å². The van der Waals surface area contributed by atoms with Gasteiger partial charge in [-0.3, -0.25) is 0 Å². The summed E-state index contributed by atoms with van der Waals surface area (Å²) >= 11 is 2.34. The van der Waals surface area contributed by atoms with Gasteiger partial charge in [-0.1, -0.05) is 73.3 Å². The Morgan fingerprint density at radius 2 is 1.38 bits per heavy atom. The Morgan fingerprint density at radius 3 is 2.00 bits per heavy atom. The maximum Gasteiger partial charge on any atom is 0.0130 e. The van der Waals surface area contributed by atoms with Crippen molar-refractivity contribution in [3.05, 3.63) is 113 Å². The molecule has 0 aliphatic rings. The summed E-state index contributed by atoms with van der Waals surface area (Å²) in [6, 6.07) is 26.0. The molecular weight excluding hydrogens is 427 g/mol. The molecule has 0 amide bonds. The van der Waals surface area contributed by atoms with Gasteiger partial charge in [0.25, 0.3) is 0 Å². The van der Waals surface area contributed by atoms with Gasteiger partial charge in [0, 0.05) is 3.57 Å². The van der Waals surface area contributed by atoms with Gasteiger partial charge >= 0.3 is 0 Å². The smallest absolute Gasteiger partial charge is 0.0130 e. The number of halogens is 1. The highest BCUT2D eigenvalue weighted by Crippen LogP contribution is 2.31. The van der Waals surface area contributed by atoms with Gasteiger partial charge in [0.05, 0.1) is 0 Å². The third-order valence-corrected chi connectivity index (χ3v) is 4.99. The zero-order valence-corrected chi connectivity index (χ0v) is 17.0. The molecular formula is C25H21I. The Labute approximate surface area is 169 Å². The van der Waals surface area contributed by atoms with E-state index in [4.69, 9.17) is 0 Å². The lowest BCUT2D eigenvalue weighted by Crippen LogP contribution is -1.87. The van der Waals surface area contributed by atoms with Crippen molar-refractivity contribution < 1.29 is 0 Å². The average Bonchev–Trinajstić information content (AvgIpc) is 2.69. The standard InChI is InChI=1S/C25H21I/c1-3-4-6-9-19(2)22-16-23(20-10-7-5-8-11-20)18-24(17-22)21-12-14-25(26)15-13-21/h3-18H,1H2,2H3/b6-4-,19-9+. The van der Waals surface area contributed by atoms with E-state index in [1.54, 1.807) is 6.08 Å². The van der Waals surface area contributed by atoms with Gasteiger partial charge in [0.1, 0.15) is 0 Å². The molecule has 0 atom stereocenters. The number of rotatable bonds is 5. The van der Waals surface area contributed by atoms with Crippen LogP contribution in [-0.2, 0) is 0 Å². The third-order valence-electron chi connectivity index (χ3n) is 4.27. The number of benzene rings is 3. The zero-order chi connectivity index (χ0) is 18.4. The second-order valence-corrected chi connectivity index (χ2v) is 7.39. The first-order valence-corrected chi connectivity index (χ1v) is 9.68. The van der Waals surface area contributed by atoms with Gasteiger partial charge in [0.15, 0.2) is 0 Å². The lowest BCUT2D eigenvalue weighted by atomic mass is 9.93. The van der Waals surface area contributed by atoms with Crippen molar-refractivity contribution in [1.82, 2.24) is 0 Å². The lowest BCUT2D eigenvalue weighted by molar-refractivity contribution is 1.52. The Balaban J connectivity index is 2.13. The van der Waals surface area contributed by atoms with Crippen LogP contribution >= 0.6 is 22.6 Å². The molecule has 0 nitrogen and oxygen atoms in total. The van der Waals surface area contributed by atoms with Crippen LogP contribution in [0.15, 0.2) is 104 Å². The maximum atomic E-state index is 3.73. The van der Waals surface area contributed by atoms with Crippen LogP contribution in [0.4, 0.5) is 0 Å². The van der Waals surface area contributed by atoms with E-state index in [-0.39, 0.29) is 0 Å². The fourth-order valence-electron chi connectivity index (χ4n) is 2.84. The van der Waals surface area contributed by atoms with Crippen molar-refractivity contribution in [2.75, 3.05) is 0 Å². The Hall–Kier alpha value is -2.39. The molecule has 0 spiro atoms. The number of hydrogen-bond acceptors (Lipinski definition) is 0. The first-order valence-electron chi connectivity index (χ1n) is 8.60. The fourth-order valence-corrected chi connectivity index (χ4v) is 3.20. The zero-order valence-electron chi connectivity index (χ0n) is 14.8. The van der Waals surface area contributed by atoms with Crippen molar-refractivity contribution in [3.8, 4) is 22.3 Å². The largest absolute Gasteiger partial charge is 0.0991 e. The molecule has 0 heterocycles. The fraction of sp³-hybridized carbons (Fsp3) is 0.0400. The van der Waals surface area contributed by atoms with Crippen LogP contribution in [0, 0.1) is 3.57 Å². The van der Waals surface area contributed by atoms with Crippen molar-refractivity contribution in [2.24, 2.45) is 0 Å². The first-order chi connectivity index (χ1) is 12.7. The van der Waals surface area contributed by atoms with Crippen LogP contribution < -0.4 is 0 Å². The molecule has 0 aliphatic heterocycles. The van der Waals surface area contributed by atoms with E-state index in [2.05, 4.69) is 115 Å². The third kappa shape index (κ3) is 4.61. The van der Waals surface area contributed by atoms with E-state index in [0.717, 1.165) is 0 Å². The summed E-state index contributed by atoms with van der Waals surface area (Å²) in [6.45, 7) is 5.88. The highest BCUT2D eigenvalue weighted by Gasteiger charge is 2.06. The van der Waals surface area contributed by atoms with E-state index in [9.17, 15) is 0 Å². The average molecular weight is 448 g/mol. The molecule has 0 aliphatic carbocycles. The van der Waals surface area contributed by atoms with Gasteiger partial charge in [-0.05, 0) is 93.2 Å². The summed E-state index contributed by atoms with van der Waals surface area (Å²) in [7, 11) is 0. The van der Waals surface area contributed by atoms with E-state index < -0.39 is 0 Å². The Bertz CT molecular complexity index is 945.